The Hall–Kier alpha value is -1.14. The van der Waals surface area contributed by atoms with Crippen LogP contribution in [0.3, 0.4) is 0 Å². The van der Waals surface area contributed by atoms with E-state index >= 15 is 0 Å². The highest BCUT2D eigenvalue weighted by atomic mass is 16.5. The number of aliphatic carboxylic acids is 1. The van der Waals surface area contributed by atoms with Crippen molar-refractivity contribution in [1.29, 1.82) is 0 Å². The molecule has 2 unspecified atom stereocenters. The third-order valence-electron chi connectivity index (χ3n) is 3.27. The summed E-state index contributed by atoms with van der Waals surface area (Å²) in [6.07, 6.45) is -0.0498. The van der Waals surface area contributed by atoms with Gasteiger partial charge in [0.15, 0.2) is 0 Å². The smallest absolute Gasteiger partial charge is 0.305 e. The lowest BCUT2D eigenvalue weighted by Crippen LogP contribution is -2.51. The van der Waals surface area contributed by atoms with Crippen molar-refractivity contribution in [3.05, 3.63) is 0 Å². The van der Waals surface area contributed by atoms with Crippen molar-refractivity contribution in [2.45, 2.75) is 26.3 Å². The first-order valence-corrected chi connectivity index (χ1v) is 5.76. The number of nitrogens with zero attached hydrogens (tertiary/aromatic N) is 1. The van der Waals surface area contributed by atoms with Gasteiger partial charge in [0.1, 0.15) is 0 Å². The average molecular weight is 244 g/mol. The molecule has 0 aromatic carbocycles. The molecule has 0 aromatic heterocycles. The molecule has 1 aliphatic rings. The van der Waals surface area contributed by atoms with E-state index in [1.54, 1.807) is 6.92 Å². The van der Waals surface area contributed by atoms with Gasteiger partial charge in [-0.2, -0.15) is 0 Å². The van der Waals surface area contributed by atoms with Gasteiger partial charge < -0.3 is 20.5 Å². The number of carbonyl (C=O) groups is 2. The van der Waals surface area contributed by atoms with Crippen LogP contribution in [-0.2, 0) is 14.3 Å². The van der Waals surface area contributed by atoms with Crippen molar-refractivity contribution in [2.24, 2.45) is 11.1 Å². The molecule has 0 aromatic rings. The van der Waals surface area contributed by atoms with Crippen molar-refractivity contribution >= 4 is 11.9 Å². The normalized spacial score (nSPS) is 28.1. The fourth-order valence-corrected chi connectivity index (χ4v) is 1.90. The molecule has 1 aliphatic heterocycles. The van der Waals surface area contributed by atoms with Crippen LogP contribution < -0.4 is 5.73 Å². The van der Waals surface area contributed by atoms with E-state index in [9.17, 15) is 9.59 Å². The Bertz CT molecular complexity index is 308. The Balaban J connectivity index is 2.68. The molecular weight excluding hydrogens is 224 g/mol. The molecule has 0 spiro atoms. The van der Waals surface area contributed by atoms with Gasteiger partial charge in [0.2, 0.25) is 5.91 Å². The van der Waals surface area contributed by atoms with E-state index in [4.69, 9.17) is 15.6 Å². The average Bonchev–Trinajstić information content (AvgIpc) is 2.60. The molecule has 98 valence electrons. The monoisotopic (exact) mass is 244 g/mol. The summed E-state index contributed by atoms with van der Waals surface area (Å²) >= 11 is 0. The minimum absolute atomic E-state index is 0.0498. The Kier molecular flexibility index (Phi) is 4.47. The number of carbonyl (C=O) groups excluding carboxylic acids is 1. The molecule has 6 nitrogen and oxygen atoms in total. The molecule has 1 saturated heterocycles. The fraction of sp³-hybridized carbons (Fsp3) is 0.818. The van der Waals surface area contributed by atoms with Gasteiger partial charge in [-0.15, -0.1) is 0 Å². The Labute approximate surface area is 101 Å². The van der Waals surface area contributed by atoms with Crippen LogP contribution in [0.5, 0.6) is 0 Å². The van der Waals surface area contributed by atoms with Gasteiger partial charge in [-0.1, -0.05) is 0 Å². The molecule has 2 atom stereocenters. The maximum atomic E-state index is 12.3. The van der Waals surface area contributed by atoms with Crippen molar-refractivity contribution in [1.82, 2.24) is 4.90 Å². The van der Waals surface area contributed by atoms with Crippen LogP contribution in [0, 0.1) is 5.41 Å². The maximum Gasteiger partial charge on any atom is 0.305 e. The molecule has 1 fully saturated rings. The number of hydrogen-bond donors (Lipinski definition) is 2. The van der Waals surface area contributed by atoms with E-state index in [1.807, 2.05) is 6.92 Å². The number of rotatable bonds is 5. The lowest BCUT2D eigenvalue weighted by molar-refractivity contribution is -0.143. The number of carboxylic acids is 1. The van der Waals surface area contributed by atoms with Gasteiger partial charge in [0.25, 0.3) is 0 Å². The SMILES string of the molecule is CCN(CCC(=O)O)C(=O)C1(C)COCC1N. The minimum atomic E-state index is -0.909. The minimum Gasteiger partial charge on any atom is -0.481 e. The third kappa shape index (κ3) is 2.95. The van der Waals surface area contributed by atoms with Gasteiger partial charge in [-0.05, 0) is 13.8 Å². The molecule has 0 saturated carbocycles. The van der Waals surface area contributed by atoms with E-state index in [-0.39, 0.29) is 24.9 Å². The van der Waals surface area contributed by atoms with E-state index < -0.39 is 11.4 Å². The van der Waals surface area contributed by atoms with Gasteiger partial charge >= 0.3 is 5.97 Å². The molecule has 0 radical (unpaired) electrons. The molecule has 17 heavy (non-hydrogen) atoms. The van der Waals surface area contributed by atoms with Crippen LogP contribution in [0.1, 0.15) is 20.3 Å². The van der Waals surface area contributed by atoms with Gasteiger partial charge in [-0.25, -0.2) is 0 Å². The van der Waals surface area contributed by atoms with E-state index in [1.165, 1.54) is 4.90 Å². The molecule has 6 heteroatoms. The predicted molar refractivity (Wildman–Crippen MR) is 61.4 cm³/mol. The highest BCUT2D eigenvalue weighted by Gasteiger charge is 2.46. The van der Waals surface area contributed by atoms with E-state index in [0.717, 1.165) is 0 Å². The highest BCUT2D eigenvalue weighted by Crippen LogP contribution is 2.29. The largest absolute Gasteiger partial charge is 0.481 e. The summed E-state index contributed by atoms with van der Waals surface area (Å²) in [5, 5.41) is 8.63. The van der Waals surface area contributed by atoms with Crippen molar-refractivity contribution < 1.29 is 19.4 Å². The molecule has 0 aliphatic carbocycles. The standard InChI is InChI=1S/C11H20N2O4/c1-3-13(5-4-9(14)15)10(16)11(2)7-17-6-8(11)12/h8H,3-7,12H2,1-2H3,(H,14,15). The second-order valence-corrected chi connectivity index (χ2v) is 4.57. The Morgan fingerprint density at radius 3 is 2.65 bits per heavy atom. The fourth-order valence-electron chi connectivity index (χ4n) is 1.90. The zero-order valence-corrected chi connectivity index (χ0v) is 10.3. The summed E-state index contributed by atoms with van der Waals surface area (Å²) in [4.78, 5) is 24.3. The van der Waals surface area contributed by atoms with Gasteiger partial charge in [0.05, 0.1) is 25.0 Å². The predicted octanol–water partition coefficient (Wildman–Crippen LogP) is -0.327. The van der Waals surface area contributed by atoms with Crippen LogP contribution in [0.2, 0.25) is 0 Å². The Morgan fingerprint density at radius 1 is 1.59 bits per heavy atom. The molecular formula is C11H20N2O4. The maximum absolute atomic E-state index is 12.3. The third-order valence-corrected chi connectivity index (χ3v) is 3.27. The molecule has 0 bridgehead atoms. The summed E-state index contributed by atoms with van der Waals surface area (Å²) in [7, 11) is 0. The zero-order valence-electron chi connectivity index (χ0n) is 10.3. The number of hydrogen-bond acceptors (Lipinski definition) is 4. The summed E-state index contributed by atoms with van der Waals surface area (Å²) < 4.78 is 5.22. The lowest BCUT2D eigenvalue weighted by atomic mass is 9.84. The van der Waals surface area contributed by atoms with Crippen molar-refractivity contribution in [3.8, 4) is 0 Å². The summed E-state index contributed by atoms with van der Waals surface area (Å²) in [5.74, 6) is -1.03. The second kappa shape index (κ2) is 5.46. The van der Waals surface area contributed by atoms with Crippen molar-refractivity contribution in [3.63, 3.8) is 0 Å². The first-order chi connectivity index (χ1) is 7.91. The zero-order chi connectivity index (χ0) is 13.1. The molecule has 1 rings (SSSR count). The van der Waals surface area contributed by atoms with Crippen molar-refractivity contribution in [2.75, 3.05) is 26.3 Å². The van der Waals surface area contributed by atoms with Crippen LogP contribution in [-0.4, -0.2) is 54.2 Å². The van der Waals surface area contributed by atoms with Gasteiger partial charge in [-0.3, -0.25) is 9.59 Å². The number of carboxylic acid groups (broad SMARTS) is 1. The van der Waals surface area contributed by atoms with Crippen LogP contribution in [0.4, 0.5) is 0 Å². The van der Waals surface area contributed by atoms with Gasteiger partial charge in [0, 0.05) is 19.1 Å². The molecule has 1 heterocycles. The molecule has 1 amide bonds. The summed E-state index contributed by atoms with van der Waals surface area (Å²) in [5.41, 5.74) is 5.15. The van der Waals surface area contributed by atoms with E-state index in [2.05, 4.69) is 0 Å². The van der Waals surface area contributed by atoms with E-state index in [0.29, 0.717) is 19.8 Å². The topological polar surface area (TPSA) is 92.9 Å². The Morgan fingerprint density at radius 2 is 2.24 bits per heavy atom. The lowest BCUT2D eigenvalue weighted by Gasteiger charge is -2.32. The first kappa shape index (κ1) is 13.9. The highest BCUT2D eigenvalue weighted by molar-refractivity contribution is 5.84. The first-order valence-electron chi connectivity index (χ1n) is 5.76. The van der Waals surface area contributed by atoms with Crippen LogP contribution in [0.15, 0.2) is 0 Å². The van der Waals surface area contributed by atoms with Crippen LogP contribution >= 0.6 is 0 Å². The number of ether oxygens (including phenoxy) is 1. The van der Waals surface area contributed by atoms with Crippen LogP contribution in [0.25, 0.3) is 0 Å². The number of nitrogens with two attached hydrogens (primary N) is 1. The molecule has 3 N–H and O–H groups in total. The quantitative estimate of drug-likeness (QED) is 0.691. The summed E-state index contributed by atoms with van der Waals surface area (Å²) in [6.45, 7) is 4.97. The second-order valence-electron chi connectivity index (χ2n) is 4.57. The summed E-state index contributed by atoms with van der Waals surface area (Å²) in [6, 6.07) is -0.325. The number of amides is 1.